The number of hydrogen-bond acceptors (Lipinski definition) is 4. The van der Waals surface area contributed by atoms with Gasteiger partial charge in [0.05, 0.1) is 0 Å². The number of halogens is 1. The first-order valence-corrected chi connectivity index (χ1v) is 8.79. The third-order valence-corrected chi connectivity index (χ3v) is 4.77. The molecule has 1 unspecified atom stereocenters. The van der Waals surface area contributed by atoms with E-state index >= 15 is 0 Å². The Morgan fingerprint density at radius 1 is 1.24 bits per heavy atom. The maximum absolute atomic E-state index is 13.1. The van der Waals surface area contributed by atoms with Gasteiger partial charge in [-0.3, -0.25) is 4.79 Å². The fraction of sp³-hybridized carbons (Fsp3) is 0.474. The van der Waals surface area contributed by atoms with Crippen LogP contribution in [0.2, 0.25) is 0 Å². The molecule has 1 amide bonds. The van der Waals surface area contributed by atoms with Gasteiger partial charge in [-0.1, -0.05) is 12.1 Å². The quantitative estimate of drug-likeness (QED) is 0.801. The highest BCUT2D eigenvalue weighted by Gasteiger charge is 2.33. The molecule has 0 bridgehead atoms. The van der Waals surface area contributed by atoms with Gasteiger partial charge in [0.2, 0.25) is 0 Å². The Morgan fingerprint density at radius 2 is 2.04 bits per heavy atom. The van der Waals surface area contributed by atoms with Crippen LogP contribution in [0.5, 0.6) is 0 Å². The zero-order valence-corrected chi connectivity index (χ0v) is 14.0. The van der Waals surface area contributed by atoms with Gasteiger partial charge in [0, 0.05) is 19.7 Å². The van der Waals surface area contributed by atoms with Crippen LogP contribution in [0.1, 0.15) is 53.6 Å². The maximum atomic E-state index is 13.1. The summed E-state index contributed by atoms with van der Waals surface area (Å²) < 4.78 is 24.3. The van der Waals surface area contributed by atoms with E-state index in [0.29, 0.717) is 37.1 Å². The number of nitrogens with zero attached hydrogens (tertiary/aromatic N) is 2. The molecular weight excluding hydrogens is 323 g/mol. The minimum atomic E-state index is -0.277. The van der Waals surface area contributed by atoms with Crippen molar-refractivity contribution in [2.45, 2.75) is 38.3 Å². The van der Waals surface area contributed by atoms with Gasteiger partial charge in [0.25, 0.3) is 5.91 Å². The van der Waals surface area contributed by atoms with Gasteiger partial charge in [-0.15, -0.1) is 0 Å². The van der Waals surface area contributed by atoms with E-state index in [1.54, 1.807) is 17.0 Å². The van der Waals surface area contributed by atoms with Crippen LogP contribution in [0, 0.1) is 11.7 Å². The molecule has 0 spiro atoms. The molecule has 2 heterocycles. The van der Waals surface area contributed by atoms with Crippen molar-refractivity contribution in [3.63, 3.8) is 0 Å². The van der Waals surface area contributed by atoms with Crippen LogP contribution >= 0.6 is 0 Å². The number of hydrogen-bond donors (Lipinski definition) is 0. The van der Waals surface area contributed by atoms with Crippen LogP contribution < -0.4 is 0 Å². The summed E-state index contributed by atoms with van der Waals surface area (Å²) in [6.45, 7) is 1.81. The molecule has 1 saturated heterocycles. The smallest absolute Gasteiger partial charge is 0.276 e. The Kier molecular flexibility index (Phi) is 4.53. The maximum Gasteiger partial charge on any atom is 0.276 e. The number of rotatable bonds is 6. The number of oxazole rings is 1. The van der Waals surface area contributed by atoms with Gasteiger partial charge < -0.3 is 14.1 Å². The summed E-state index contributed by atoms with van der Waals surface area (Å²) in [5, 5.41) is 0. The van der Waals surface area contributed by atoms with E-state index in [-0.39, 0.29) is 17.8 Å². The van der Waals surface area contributed by atoms with E-state index in [9.17, 15) is 9.18 Å². The lowest BCUT2D eigenvalue weighted by Gasteiger charge is -2.22. The molecule has 1 aromatic carbocycles. The summed E-state index contributed by atoms with van der Waals surface area (Å²) >= 11 is 0. The van der Waals surface area contributed by atoms with Crippen molar-refractivity contribution >= 4 is 5.91 Å². The second-order valence-electron chi connectivity index (χ2n) is 6.82. The molecule has 5 nitrogen and oxygen atoms in total. The molecule has 0 radical (unpaired) electrons. The molecule has 2 fully saturated rings. The third kappa shape index (κ3) is 3.74. The molecule has 1 aliphatic heterocycles. The SMILES string of the molecule is O=C(c1ncoc1C1CCCO1)N(Cc1ccc(F)cc1)CC1CC1. The number of carbonyl (C=O) groups excluding carboxylic acids is 1. The fourth-order valence-corrected chi connectivity index (χ4v) is 3.22. The molecule has 1 aromatic heterocycles. The lowest BCUT2D eigenvalue weighted by Crippen LogP contribution is -2.33. The molecular formula is C19H21FN2O3. The molecule has 25 heavy (non-hydrogen) atoms. The lowest BCUT2D eigenvalue weighted by molar-refractivity contribution is 0.0696. The Bertz CT molecular complexity index is 733. The summed E-state index contributed by atoms with van der Waals surface area (Å²) in [6, 6.07) is 6.27. The Balaban J connectivity index is 1.55. The van der Waals surface area contributed by atoms with Crippen LogP contribution in [-0.2, 0) is 11.3 Å². The van der Waals surface area contributed by atoms with Crippen molar-refractivity contribution < 1.29 is 18.3 Å². The monoisotopic (exact) mass is 344 g/mol. The van der Waals surface area contributed by atoms with Crippen molar-refractivity contribution in [1.82, 2.24) is 9.88 Å². The van der Waals surface area contributed by atoms with Crippen LogP contribution in [0.3, 0.4) is 0 Å². The van der Waals surface area contributed by atoms with Gasteiger partial charge >= 0.3 is 0 Å². The van der Waals surface area contributed by atoms with Crippen molar-refractivity contribution in [2.75, 3.05) is 13.2 Å². The Labute approximate surface area is 145 Å². The average Bonchev–Trinajstić information content (AvgIpc) is 3.09. The van der Waals surface area contributed by atoms with E-state index in [4.69, 9.17) is 9.15 Å². The van der Waals surface area contributed by atoms with Crippen molar-refractivity contribution in [1.29, 1.82) is 0 Å². The van der Waals surface area contributed by atoms with E-state index in [1.165, 1.54) is 18.5 Å². The first-order chi connectivity index (χ1) is 12.2. The van der Waals surface area contributed by atoms with Crippen LogP contribution in [0.15, 0.2) is 35.1 Å². The largest absolute Gasteiger partial charge is 0.445 e. The predicted molar refractivity (Wildman–Crippen MR) is 88.3 cm³/mol. The second kappa shape index (κ2) is 6.96. The predicted octanol–water partition coefficient (Wildman–Crippen LogP) is 3.72. The van der Waals surface area contributed by atoms with Gasteiger partial charge in [0.15, 0.2) is 17.8 Å². The molecule has 1 atom stereocenters. The Morgan fingerprint density at radius 3 is 2.72 bits per heavy atom. The van der Waals surface area contributed by atoms with Crippen LogP contribution in [0.4, 0.5) is 4.39 Å². The number of aromatic nitrogens is 1. The van der Waals surface area contributed by atoms with Crippen LogP contribution in [-0.4, -0.2) is 28.9 Å². The van der Waals surface area contributed by atoms with E-state index in [1.807, 2.05) is 0 Å². The fourth-order valence-electron chi connectivity index (χ4n) is 3.22. The normalized spacial score (nSPS) is 20.0. The topological polar surface area (TPSA) is 55.6 Å². The highest BCUT2D eigenvalue weighted by molar-refractivity contribution is 5.93. The van der Waals surface area contributed by atoms with Crippen molar-refractivity contribution in [2.24, 2.45) is 5.92 Å². The first-order valence-electron chi connectivity index (χ1n) is 8.79. The molecule has 0 N–H and O–H groups in total. The molecule has 1 aliphatic carbocycles. The highest BCUT2D eigenvalue weighted by Crippen LogP contribution is 2.33. The van der Waals surface area contributed by atoms with Crippen LogP contribution in [0.25, 0.3) is 0 Å². The second-order valence-corrected chi connectivity index (χ2v) is 6.82. The minimum Gasteiger partial charge on any atom is -0.445 e. The first kappa shape index (κ1) is 16.3. The number of ether oxygens (including phenoxy) is 1. The molecule has 4 rings (SSSR count). The van der Waals surface area contributed by atoms with E-state index < -0.39 is 0 Å². The summed E-state index contributed by atoms with van der Waals surface area (Å²) in [4.78, 5) is 19.1. The summed E-state index contributed by atoms with van der Waals surface area (Å²) in [6.07, 6.45) is 5.22. The number of amides is 1. The average molecular weight is 344 g/mol. The molecule has 132 valence electrons. The molecule has 6 heteroatoms. The number of carbonyl (C=O) groups is 1. The molecule has 1 saturated carbocycles. The van der Waals surface area contributed by atoms with Crippen molar-refractivity contribution in [3.8, 4) is 0 Å². The van der Waals surface area contributed by atoms with Gasteiger partial charge in [0.1, 0.15) is 11.9 Å². The highest BCUT2D eigenvalue weighted by atomic mass is 19.1. The summed E-state index contributed by atoms with van der Waals surface area (Å²) in [5.74, 6) is 0.654. The minimum absolute atomic E-state index is 0.143. The standard InChI is InChI=1S/C19H21FN2O3/c20-15-7-5-14(6-8-15)11-22(10-13-3-4-13)19(23)17-18(25-12-21-17)16-2-1-9-24-16/h5-8,12-13,16H,1-4,9-11H2. The van der Waals surface area contributed by atoms with E-state index in [2.05, 4.69) is 4.98 Å². The Hall–Kier alpha value is -2.21. The summed E-state index contributed by atoms with van der Waals surface area (Å²) in [5.41, 5.74) is 1.24. The lowest BCUT2D eigenvalue weighted by atomic mass is 10.1. The third-order valence-electron chi connectivity index (χ3n) is 4.77. The zero-order chi connectivity index (χ0) is 17.2. The molecule has 2 aliphatic rings. The number of benzene rings is 1. The van der Waals surface area contributed by atoms with E-state index in [0.717, 1.165) is 31.2 Å². The summed E-state index contributed by atoms with van der Waals surface area (Å²) in [7, 11) is 0. The van der Waals surface area contributed by atoms with Gasteiger partial charge in [-0.25, -0.2) is 9.37 Å². The van der Waals surface area contributed by atoms with Gasteiger partial charge in [-0.2, -0.15) is 0 Å². The van der Waals surface area contributed by atoms with Gasteiger partial charge in [-0.05, 0) is 49.3 Å². The van der Waals surface area contributed by atoms with Crippen molar-refractivity contribution in [3.05, 3.63) is 53.5 Å². The molecule has 2 aromatic rings. The zero-order valence-electron chi connectivity index (χ0n) is 14.0.